The van der Waals surface area contributed by atoms with Crippen molar-refractivity contribution in [2.45, 2.75) is 24.7 Å². The molecule has 1 aliphatic rings. The highest BCUT2D eigenvalue weighted by Gasteiger charge is 2.21. The minimum Gasteiger partial charge on any atom is -0.397 e. The summed E-state index contributed by atoms with van der Waals surface area (Å²) >= 11 is 5.97. The zero-order chi connectivity index (χ0) is 15.6. The second-order valence-electron chi connectivity index (χ2n) is 5.74. The average Bonchev–Trinajstić information content (AvgIpc) is 2.43. The maximum Gasteiger partial charge on any atom is 0.240 e. The molecule has 0 radical (unpaired) electrons. The predicted octanol–water partition coefficient (Wildman–Crippen LogP) is 1.85. The first-order chi connectivity index (χ1) is 9.79. The third kappa shape index (κ3) is 4.10. The number of nitrogens with one attached hydrogen (secondary N) is 1. The molecule has 3 N–H and O–H groups in total. The van der Waals surface area contributed by atoms with Crippen molar-refractivity contribution >= 4 is 27.3 Å². The smallest absolute Gasteiger partial charge is 0.240 e. The molecule has 1 aliphatic heterocycles. The maximum atomic E-state index is 12.3. The highest BCUT2D eigenvalue weighted by molar-refractivity contribution is 7.89. The van der Waals surface area contributed by atoms with Crippen LogP contribution in [0.2, 0.25) is 5.02 Å². The summed E-state index contributed by atoms with van der Waals surface area (Å²) < 4.78 is 27.4. The predicted molar refractivity (Wildman–Crippen MR) is 86.0 cm³/mol. The van der Waals surface area contributed by atoms with Gasteiger partial charge in [0.05, 0.1) is 15.6 Å². The molecule has 1 fully saturated rings. The third-order valence-electron chi connectivity index (χ3n) is 3.97. The number of hydrogen-bond donors (Lipinski definition) is 2. The monoisotopic (exact) mass is 331 g/mol. The summed E-state index contributed by atoms with van der Waals surface area (Å²) in [5.74, 6) is 0.390. The van der Waals surface area contributed by atoms with E-state index in [0.29, 0.717) is 23.0 Å². The summed E-state index contributed by atoms with van der Waals surface area (Å²) in [5.41, 5.74) is 6.69. The first-order valence-corrected chi connectivity index (χ1v) is 8.89. The molecule has 0 aliphatic carbocycles. The van der Waals surface area contributed by atoms with Crippen LogP contribution in [0.15, 0.2) is 17.0 Å². The number of aryl methyl sites for hydroxylation is 1. The zero-order valence-corrected chi connectivity index (χ0v) is 14.0. The third-order valence-corrected chi connectivity index (χ3v) is 5.89. The summed E-state index contributed by atoms with van der Waals surface area (Å²) in [6, 6.07) is 2.96. The standard InChI is InChI=1S/C14H22ClN3O2S/c1-10-7-12(8-13(16)14(10)15)21(19,20)17-9-11-3-5-18(2)6-4-11/h7-8,11,17H,3-6,9,16H2,1-2H3. The highest BCUT2D eigenvalue weighted by Crippen LogP contribution is 2.27. The van der Waals surface area contributed by atoms with Crippen LogP contribution in [0.1, 0.15) is 18.4 Å². The van der Waals surface area contributed by atoms with Gasteiger partial charge in [0.1, 0.15) is 0 Å². The Kier molecular flexibility index (Phi) is 5.14. The molecular weight excluding hydrogens is 310 g/mol. The fourth-order valence-corrected chi connectivity index (χ4v) is 3.84. The van der Waals surface area contributed by atoms with Crippen LogP contribution in [0.25, 0.3) is 0 Å². The van der Waals surface area contributed by atoms with Crippen LogP contribution in [-0.4, -0.2) is 40.0 Å². The summed E-state index contributed by atoms with van der Waals surface area (Å²) in [7, 11) is -1.45. The normalized spacial score (nSPS) is 18.0. The minimum atomic E-state index is -3.54. The first kappa shape index (κ1) is 16.5. The topological polar surface area (TPSA) is 75.4 Å². The van der Waals surface area contributed by atoms with E-state index in [9.17, 15) is 8.42 Å². The summed E-state index contributed by atoms with van der Waals surface area (Å²) in [5, 5.41) is 0.407. The number of anilines is 1. The van der Waals surface area contributed by atoms with E-state index in [-0.39, 0.29) is 10.6 Å². The van der Waals surface area contributed by atoms with Gasteiger partial charge in [-0.3, -0.25) is 0 Å². The number of nitrogens with zero attached hydrogens (tertiary/aromatic N) is 1. The second kappa shape index (κ2) is 6.52. The molecule has 0 saturated carbocycles. The molecule has 0 bridgehead atoms. The Hall–Kier alpha value is -0.820. The fraction of sp³-hybridized carbons (Fsp3) is 0.571. The van der Waals surface area contributed by atoms with Gasteiger partial charge in [-0.25, -0.2) is 13.1 Å². The van der Waals surface area contributed by atoms with E-state index in [4.69, 9.17) is 17.3 Å². The molecule has 1 aromatic carbocycles. The second-order valence-corrected chi connectivity index (χ2v) is 7.89. The number of likely N-dealkylation sites (tertiary alicyclic amines) is 1. The van der Waals surface area contributed by atoms with Gasteiger partial charge in [-0.15, -0.1) is 0 Å². The lowest BCUT2D eigenvalue weighted by Gasteiger charge is -2.28. The van der Waals surface area contributed by atoms with Crippen LogP contribution in [0.5, 0.6) is 0 Å². The summed E-state index contributed by atoms with van der Waals surface area (Å²) in [6.07, 6.45) is 2.03. The number of benzene rings is 1. The van der Waals surface area contributed by atoms with Gasteiger partial charge in [0, 0.05) is 6.54 Å². The molecule has 0 atom stereocenters. The van der Waals surface area contributed by atoms with Crippen LogP contribution < -0.4 is 10.5 Å². The van der Waals surface area contributed by atoms with E-state index in [1.54, 1.807) is 13.0 Å². The van der Waals surface area contributed by atoms with Crippen molar-refractivity contribution in [1.29, 1.82) is 0 Å². The van der Waals surface area contributed by atoms with Gasteiger partial charge in [-0.1, -0.05) is 11.6 Å². The molecule has 118 valence electrons. The molecule has 1 saturated heterocycles. The van der Waals surface area contributed by atoms with E-state index < -0.39 is 10.0 Å². The van der Waals surface area contributed by atoms with Crippen molar-refractivity contribution in [1.82, 2.24) is 9.62 Å². The zero-order valence-electron chi connectivity index (χ0n) is 12.4. The Labute approximate surface area is 131 Å². The first-order valence-electron chi connectivity index (χ1n) is 7.03. The summed E-state index contributed by atoms with van der Waals surface area (Å²) in [6.45, 7) is 4.24. The van der Waals surface area contributed by atoms with E-state index in [1.807, 2.05) is 0 Å². The van der Waals surface area contributed by atoms with Crippen LogP contribution in [-0.2, 0) is 10.0 Å². The van der Waals surface area contributed by atoms with Gasteiger partial charge in [0.2, 0.25) is 10.0 Å². The minimum absolute atomic E-state index is 0.176. The number of nitrogen functional groups attached to an aromatic ring is 1. The average molecular weight is 332 g/mol. The van der Waals surface area contributed by atoms with Crippen LogP contribution in [0.4, 0.5) is 5.69 Å². The van der Waals surface area contributed by atoms with Crippen LogP contribution in [0.3, 0.4) is 0 Å². The summed E-state index contributed by atoms with van der Waals surface area (Å²) in [4.78, 5) is 2.43. The molecule has 5 nitrogen and oxygen atoms in total. The number of rotatable bonds is 4. The molecule has 0 aromatic heterocycles. The molecular formula is C14H22ClN3O2S. The quantitative estimate of drug-likeness (QED) is 0.826. The Morgan fingerprint density at radius 1 is 1.38 bits per heavy atom. The largest absolute Gasteiger partial charge is 0.397 e. The van der Waals surface area contributed by atoms with Gasteiger partial charge in [-0.2, -0.15) is 0 Å². The van der Waals surface area contributed by atoms with E-state index in [2.05, 4.69) is 16.7 Å². The van der Waals surface area contributed by atoms with Crippen molar-refractivity contribution in [3.8, 4) is 0 Å². The van der Waals surface area contributed by atoms with Gasteiger partial charge >= 0.3 is 0 Å². The maximum absolute atomic E-state index is 12.3. The number of piperidine rings is 1. The molecule has 1 aromatic rings. The number of halogens is 1. The van der Waals surface area contributed by atoms with Crippen LogP contribution in [0, 0.1) is 12.8 Å². The lowest BCUT2D eigenvalue weighted by molar-refractivity contribution is 0.220. The van der Waals surface area contributed by atoms with Crippen molar-refractivity contribution in [2.24, 2.45) is 5.92 Å². The molecule has 0 unspecified atom stereocenters. The molecule has 2 rings (SSSR count). The Morgan fingerprint density at radius 3 is 2.57 bits per heavy atom. The lowest BCUT2D eigenvalue weighted by atomic mass is 9.98. The van der Waals surface area contributed by atoms with Crippen molar-refractivity contribution < 1.29 is 8.42 Å². The SMILES string of the molecule is Cc1cc(S(=O)(=O)NCC2CCN(C)CC2)cc(N)c1Cl. The molecule has 7 heteroatoms. The highest BCUT2D eigenvalue weighted by atomic mass is 35.5. The van der Waals surface area contributed by atoms with Gasteiger partial charge in [0.15, 0.2) is 0 Å². The van der Waals surface area contributed by atoms with E-state index in [1.165, 1.54) is 6.07 Å². The number of sulfonamides is 1. The Bertz CT molecular complexity index is 588. The van der Waals surface area contributed by atoms with Gasteiger partial charge < -0.3 is 10.6 Å². The molecule has 21 heavy (non-hydrogen) atoms. The molecule has 0 spiro atoms. The van der Waals surface area contributed by atoms with Crippen molar-refractivity contribution in [2.75, 3.05) is 32.4 Å². The van der Waals surface area contributed by atoms with E-state index in [0.717, 1.165) is 25.9 Å². The molecule has 0 amide bonds. The fourth-order valence-electron chi connectivity index (χ4n) is 2.49. The van der Waals surface area contributed by atoms with Crippen LogP contribution >= 0.6 is 11.6 Å². The van der Waals surface area contributed by atoms with Crippen molar-refractivity contribution in [3.63, 3.8) is 0 Å². The van der Waals surface area contributed by atoms with E-state index >= 15 is 0 Å². The van der Waals surface area contributed by atoms with Gasteiger partial charge in [-0.05, 0) is 63.5 Å². The Balaban J connectivity index is 2.05. The molecule has 1 heterocycles. The lowest BCUT2D eigenvalue weighted by Crippen LogP contribution is -2.36. The van der Waals surface area contributed by atoms with Crippen molar-refractivity contribution in [3.05, 3.63) is 22.7 Å². The Morgan fingerprint density at radius 2 is 2.00 bits per heavy atom. The number of hydrogen-bond acceptors (Lipinski definition) is 4. The number of nitrogens with two attached hydrogens (primary N) is 1. The van der Waals surface area contributed by atoms with Gasteiger partial charge in [0.25, 0.3) is 0 Å².